The molecule has 5 nitrogen and oxygen atoms in total. The topological polar surface area (TPSA) is 55.2 Å². The van der Waals surface area contributed by atoms with Crippen LogP contribution in [0.1, 0.15) is 40.0 Å². The van der Waals surface area contributed by atoms with Crippen molar-refractivity contribution in [1.82, 2.24) is 5.32 Å². The number of rotatable bonds is 8. The number of hydrogen-bond acceptors (Lipinski definition) is 6. The van der Waals surface area contributed by atoms with Crippen molar-refractivity contribution in [3.63, 3.8) is 0 Å². The Kier molecular flexibility index (Phi) is 8.44. The molecule has 0 aromatic heterocycles. The van der Waals surface area contributed by atoms with Crippen LogP contribution in [0.15, 0.2) is 55.7 Å². The maximum Gasteiger partial charge on any atom is 0.231 e. The Bertz CT molecular complexity index is 788. The Labute approximate surface area is 174 Å². The standard InChI is InChI=1S/C20H26BrN3O2S/c1-6-8-9-16(22-5)20(13(3)23-7-2)24-14(4)27-19-11-18-17(10-15(19)21)25-12-26-18/h7,10-11,23H,2,6,8-9,12H2,1,3-5H3/b20-13+,22-16?,24-14?. The first-order chi connectivity index (χ1) is 13.0. The highest BCUT2D eigenvalue weighted by Crippen LogP contribution is 2.41. The van der Waals surface area contributed by atoms with Crippen molar-refractivity contribution in [1.29, 1.82) is 0 Å². The minimum Gasteiger partial charge on any atom is -0.454 e. The number of ether oxygens (including phenoxy) is 2. The van der Waals surface area contributed by atoms with Gasteiger partial charge >= 0.3 is 0 Å². The summed E-state index contributed by atoms with van der Waals surface area (Å²) in [5.41, 5.74) is 2.80. The second-order valence-electron chi connectivity index (χ2n) is 5.96. The van der Waals surface area contributed by atoms with Crippen LogP contribution in [0.5, 0.6) is 11.5 Å². The number of unbranched alkanes of at least 4 members (excludes halogenated alkanes) is 1. The van der Waals surface area contributed by atoms with E-state index in [1.54, 1.807) is 18.0 Å². The van der Waals surface area contributed by atoms with Gasteiger partial charge in [-0.05, 0) is 61.0 Å². The van der Waals surface area contributed by atoms with E-state index in [-0.39, 0.29) is 6.79 Å². The lowest BCUT2D eigenvalue weighted by atomic mass is 10.1. The number of allylic oxidation sites excluding steroid dienone is 2. The molecule has 2 rings (SSSR count). The summed E-state index contributed by atoms with van der Waals surface area (Å²) in [4.78, 5) is 10.4. The van der Waals surface area contributed by atoms with Gasteiger partial charge in [-0.1, -0.05) is 31.7 Å². The maximum atomic E-state index is 5.48. The molecule has 1 aliphatic rings. The summed E-state index contributed by atoms with van der Waals surface area (Å²) in [6, 6.07) is 3.90. The molecule has 0 atom stereocenters. The Morgan fingerprint density at radius 3 is 2.67 bits per heavy atom. The van der Waals surface area contributed by atoms with Gasteiger partial charge in [-0.2, -0.15) is 0 Å². The largest absolute Gasteiger partial charge is 0.454 e. The molecule has 0 spiro atoms. The third-order valence-corrected chi connectivity index (χ3v) is 5.80. The zero-order valence-electron chi connectivity index (χ0n) is 16.3. The van der Waals surface area contributed by atoms with Gasteiger partial charge in [0.05, 0.1) is 10.8 Å². The van der Waals surface area contributed by atoms with Crippen molar-refractivity contribution < 1.29 is 9.47 Å². The first-order valence-electron chi connectivity index (χ1n) is 8.86. The molecule has 1 N–H and O–H groups in total. The van der Waals surface area contributed by atoms with Crippen LogP contribution in [0, 0.1) is 0 Å². The lowest BCUT2D eigenvalue weighted by Gasteiger charge is -2.12. The predicted octanol–water partition coefficient (Wildman–Crippen LogP) is 5.91. The Morgan fingerprint density at radius 2 is 2.04 bits per heavy atom. The molecule has 7 heteroatoms. The molecule has 146 valence electrons. The van der Waals surface area contributed by atoms with Gasteiger partial charge < -0.3 is 14.8 Å². The monoisotopic (exact) mass is 451 g/mol. The third-order valence-electron chi connectivity index (χ3n) is 3.94. The van der Waals surface area contributed by atoms with Crippen LogP contribution >= 0.6 is 27.7 Å². The molecule has 0 saturated heterocycles. The first-order valence-corrected chi connectivity index (χ1v) is 10.5. The summed E-state index contributed by atoms with van der Waals surface area (Å²) in [5, 5.41) is 4.06. The number of thioether (sulfide) groups is 1. The van der Waals surface area contributed by atoms with Crippen LogP contribution in [0.25, 0.3) is 0 Å². The average Bonchev–Trinajstić information content (AvgIpc) is 3.08. The molecule has 1 aromatic rings. The Morgan fingerprint density at radius 1 is 1.33 bits per heavy atom. The molecular formula is C20H26BrN3O2S. The molecule has 0 amide bonds. The SMILES string of the molecule is C=CN/C(C)=C(/N=C(C)Sc1cc2c(cc1Br)OCO2)C(CCCC)=NC. The molecule has 0 bridgehead atoms. The molecule has 1 aromatic carbocycles. The van der Waals surface area contributed by atoms with Crippen molar-refractivity contribution in [3.05, 3.63) is 40.8 Å². The molecule has 0 aliphatic carbocycles. The van der Waals surface area contributed by atoms with Gasteiger partial charge in [0.1, 0.15) is 5.70 Å². The highest BCUT2D eigenvalue weighted by molar-refractivity contribution is 9.10. The van der Waals surface area contributed by atoms with Gasteiger partial charge in [-0.3, -0.25) is 4.99 Å². The van der Waals surface area contributed by atoms with E-state index in [1.807, 2.05) is 33.0 Å². The van der Waals surface area contributed by atoms with Gasteiger partial charge in [0.2, 0.25) is 6.79 Å². The predicted molar refractivity (Wildman–Crippen MR) is 118 cm³/mol. The summed E-state index contributed by atoms with van der Waals surface area (Å²) < 4.78 is 11.8. The highest BCUT2D eigenvalue weighted by Gasteiger charge is 2.17. The van der Waals surface area contributed by atoms with E-state index in [0.29, 0.717) is 0 Å². The number of halogens is 1. The van der Waals surface area contributed by atoms with E-state index in [2.05, 4.69) is 39.7 Å². The van der Waals surface area contributed by atoms with Crippen LogP contribution in [0.2, 0.25) is 0 Å². The van der Waals surface area contributed by atoms with E-state index in [1.165, 1.54) is 0 Å². The number of fused-ring (bicyclic) bond motifs is 1. The number of nitrogens with zero attached hydrogens (tertiary/aromatic N) is 2. The van der Waals surface area contributed by atoms with E-state index in [0.717, 1.165) is 62.3 Å². The van der Waals surface area contributed by atoms with Gasteiger partial charge in [-0.25, -0.2) is 4.99 Å². The fraction of sp³-hybridized carbons (Fsp3) is 0.400. The molecule has 1 aliphatic heterocycles. The Balaban J connectivity index is 2.30. The Hall–Kier alpha value is -1.73. The summed E-state index contributed by atoms with van der Waals surface area (Å²) >= 11 is 5.18. The van der Waals surface area contributed by atoms with Crippen LogP contribution in [-0.2, 0) is 0 Å². The summed E-state index contributed by atoms with van der Waals surface area (Å²) in [7, 11) is 1.82. The third kappa shape index (κ3) is 5.87. The number of nitrogens with one attached hydrogen (secondary N) is 1. The normalized spacial score (nSPS) is 14.9. The van der Waals surface area contributed by atoms with Crippen LogP contribution in [-0.4, -0.2) is 24.6 Å². The second-order valence-corrected chi connectivity index (χ2v) is 8.05. The van der Waals surface area contributed by atoms with Crippen molar-refractivity contribution >= 4 is 38.4 Å². The van der Waals surface area contributed by atoms with Crippen LogP contribution < -0.4 is 14.8 Å². The molecule has 0 fully saturated rings. The van der Waals surface area contributed by atoms with Gasteiger partial charge in [0.25, 0.3) is 0 Å². The zero-order chi connectivity index (χ0) is 19.8. The van der Waals surface area contributed by atoms with Gasteiger partial charge in [0, 0.05) is 22.1 Å². The molecule has 0 saturated carbocycles. The fourth-order valence-electron chi connectivity index (χ4n) is 2.58. The summed E-state index contributed by atoms with van der Waals surface area (Å²) in [5.74, 6) is 1.51. The molecular weight excluding hydrogens is 426 g/mol. The number of benzene rings is 1. The fourth-order valence-corrected chi connectivity index (χ4v) is 3.93. The molecule has 27 heavy (non-hydrogen) atoms. The smallest absolute Gasteiger partial charge is 0.231 e. The minimum absolute atomic E-state index is 0.260. The highest BCUT2D eigenvalue weighted by atomic mass is 79.9. The lowest BCUT2D eigenvalue weighted by molar-refractivity contribution is 0.174. The average molecular weight is 452 g/mol. The summed E-state index contributed by atoms with van der Waals surface area (Å²) in [6.45, 7) is 10.2. The van der Waals surface area contributed by atoms with Crippen molar-refractivity contribution in [3.8, 4) is 11.5 Å². The second kappa shape index (κ2) is 10.6. The maximum absolute atomic E-state index is 5.48. The number of hydrogen-bond donors (Lipinski definition) is 1. The van der Waals surface area contributed by atoms with Crippen molar-refractivity contribution in [2.75, 3.05) is 13.8 Å². The van der Waals surface area contributed by atoms with Crippen LogP contribution in [0.3, 0.4) is 0 Å². The van der Waals surface area contributed by atoms with Crippen molar-refractivity contribution in [2.24, 2.45) is 9.98 Å². The van der Waals surface area contributed by atoms with Crippen LogP contribution in [0.4, 0.5) is 0 Å². The molecule has 1 heterocycles. The summed E-state index contributed by atoms with van der Waals surface area (Å²) in [6.07, 6.45) is 4.75. The zero-order valence-corrected chi connectivity index (χ0v) is 18.7. The van der Waals surface area contributed by atoms with E-state index < -0.39 is 0 Å². The minimum atomic E-state index is 0.260. The number of aliphatic imine (C=N–C) groups is 2. The van der Waals surface area contributed by atoms with Crippen molar-refractivity contribution in [2.45, 2.75) is 44.9 Å². The molecule has 0 radical (unpaired) electrons. The first kappa shape index (κ1) is 21.6. The van der Waals surface area contributed by atoms with Gasteiger partial charge in [-0.15, -0.1) is 0 Å². The lowest BCUT2D eigenvalue weighted by Crippen LogP contribution is -2.12. The van der Waals surface area contributed by atoms with Gasteiger partial charge in [0.15, 0.2) is 11.5 Å². The van der Waals surface area contributed by atoms with E-state index >= 15 is 0 Å². The molecule has 0 unspecified atom stereocenters. The van der Waals surface area contributed by atoms with E-state index in [9.17, 15) is 0 Å². The quantitative estimate of drug-likeness (QED) is 0.303. The van der Waals surface area contributed by atoms with E-state index in [4.69, 9.17) is 14.5 Å².